The van der Waals surface area contributed by atoms with E-state index in [9.17, 15) is 13.6 Å². The average Bonchev–Trinajstić information content (AvgIpc) is 3.87. The summed E-state index contributed by atoms with van der Waals surface area (Å²) >= 11 is 0. The Morgan fingerprint density at radius 2 is 1.62 bits per heavy atom. The Morgan fingerprint density at radius 3 is 2.35 bits per heavy atom. The number of likely N-dealkylation sites (tertiary alicyclic amines) is 2. The van der Waals surface area contributed by atoms with Crippen LogP contribution in [0.15, 0.2) is 52.9 Å². The van der Waals surface area contributed by atoms with Gasteiger partial charge >= 0.3 is 12.6 Å². The normalized spacial score (nSPS) is 19.5. The highest BCUT2D eigenvalue weighted by Crippen LogP contribution is 2.39. The molecular weight excluding hydrogens is 614 g/mol. The number of fused-ring (bicyclic) bond motifs is 1. The molecule has 10 heteroatoms. The maximum Gasteiger partial charge on any atom is 0.387 e. The van der Waals surface area contributed by atoms with E-state index in [0.29, 0.717) is 41.6 Å². The second-order valence-corrected chi connectivity index (χ2v) is 13.4. The molecule has 4 heterocycles. The van der Waals surface area contributed by atoms with Crippen LogP contribution >= 0.6 is 0 Å². The number of methoxy groups -OCH3 is 1. The number of ether oxygens (including phenoxy) is 2. The highest BCUT2D eigenvalue weighted by atomic mass is 19.3. The van der Waals surface area contributed by atoms with Crippen molar-refractivity contribution in [2.24, 2.45) is 0 Å². The number of alkyl halides is 2. The molecule has 0 amide bonds. The van der Waals surface area contributed by atoms with Gasteiger partial charge in [0.1, 0.15) is 17.3 Å². The van der Waals surface area contributed by atoms with Gasteiger partial charge in [-0.05, 0) is 112 Å². The van der Waals surface area contributed by atoms with Crippen LogP contribution in [0.4, 0.5) is 14.5 Å². The molecule has 8 nitrogen and oxygen atoms in total. The smallest absolute Gasteiger partial charge is 0.387 e. The van der Waals surface area contributed by atoms with Crippen molar-refractivity contribution in [3.05, 3.63) is 65.2 Å². The number of rotatable bonds is 9. The zero-order valence-corrected chi connectivity index (χ0v) is 28.0. The molecule has 0 saturated carbocycles. The molecule has 3 aliphatic heterocycles. The standard InChI is InChI=1S/C38H44F2N4O4/c1-24-28(29-10-7-12-32(25(29)2)43-19-14-27(15-20-43)42-16-4-5-17-42)9-6-11-30(24)36-41-31-21-26(34(48-38(39)40)22-35(31)47-36)23-44-18-8-13-33(44)37(45)46-3/h6-7,9-12,21-22,27,33,38H,4-5,8,13-20,23H2,1-3H3/t33-/m0/s1. The van der Waals surface area contributed by atoms with Crippen molar-refractivity contribution in [2.45, 2.75) is 77.6 Å². The lowest BCUT2D eigenvalue weighted by Crippen LogP contribution is -2.44. The minimum atomic E-state index is -3.01. The lowest BCUT2D eigenvalue weighted by molar-refractivity contribution is -0.146. The van der Waals surface area contributed by atoms with Crippen molar-refractivity contribution < 1.29 is 27.5 Å². The van der Waals surface area contributed by atoms with Gasteiger partial charge < -0.3 is 23.7 Å². The minimum Gasteiger partial charge on any atom is -0.468 e. The number of nitrogens with zero attached hydrogens (tertiary/aromatic N) is 4. The number of halogens is 2. The Kier molecular flexibility index (Phi) is 9.38. The first-order chi connectivity index (χ1) is 23.3. The van der Waals surface area contributed by atoms with Gasteiger partial charge in [-0.25, -0.2) is 4.98 Å². The number of aromatic nitrogens is 1. The first-order valence-corrected chi connectivity index (χ1v) is 17.2. The number of carbonyl (C=O) groups excluding carboxylic acids is 1. The number of hydrogen-bond acceptors (Lipinski definition) is 8. The van der Waals surface area contributed by atoms with Crippen molar-refractivity contribution in [2.75, 3.05) is 44.7 Å². The largest absolute Gasteiger partial charge is 0.468 e. The highest BCUT2D eigenvalue weighted by Gasteiger charge is 2.33. The molecule has 0 aliphatic carbocycles. The molecule has 3 fully saturated rings. The Hall–Kier alpha value is -4.02. The summed E-state index contributed by atoms with van der Waals surface area (Å²) in [5, 5.41) is 0. The first kappa shape index (κ1) is 32.5. The Morgan fingerprint density at radius 1 is 0.917 bits per heavy atom. The molecule has 1 atom stereocenters. The summed E-state index contributed by atoms with van der Waals surface area (Å²) in [6.45, 7) is 6.80. The average molecular weight is 659 g/mol. The predicted octanol–water partition coefficient (Wildman–Crippen LogP) is 7.58. The number of anilines is 1. The number of carbonyl (C=O) groups is 1. The van der Waals surface area contributed by atoms with E-state index in [-0.39, 0.29) is 18.3 Å². The molecule has 0 unspecified atom stereocenters. The zero-order chi connectivity index (χ0) is 33.4. The quantitative estimate of drug-likeness (QED) is 0.171. The molecule has 0 spiro atoms. The number of piperidine rings is 1. The van der Waals surface area contributed by atoms with Crippen LogP contribution in [0, 0.1) is 13.8 Å². The van der Waals surface area contributed by atoms with Gasteiger partial charge in [0.25, 0.3) is 0 Å². The fourth-order valence-electron chi connectivity index (χ4n) is 8.08. The molecule has 0 bridgehead atoms. The van der Waals surface area contributed by atoms with E-state index in [2.05, 4.69) is 47.9 Å². The highest BCUT2D eigenvalue weighted by molar-refractivity contribution is 5.84. The van der Waals surface area contributed by atoms with Gasteiger partial charge in [-0.1, -0.05) is 24.3 Å². The first-order valence-electron chi connectivity index (χ1n) is 17.2. The van der Waals surface area contributed by atoms with Crippen LogP contribution in [0.25, 0.3) is 33.7 Å². The number of hydrogen-bond donors (Lipinski definition) is 0. The number of esters is 1. The Balaban J connectivity index is 1.17. The fourth-order valence-corrected chi connectivity index (χ4v) is 8.08. The number of oxazole rings is 1. The van der Waals surface area contributed by atoms with Gasteiger partial charge in [0.2, 0.25) is 5.89 Å². The van der Waals surface area contributed by atoms with Crippen molar-refractivity contribution >= 4 is 22.8 Å². The lowest BCUT2D eigenvalue weighted by Gasteiger charge is -2.38. The zero-order valence-electron chi connectivity index (χ0n) is 28.0. The summed E-state index contributed by atoms with van der Waals surface area (Å²) in [6, 6.07) is 16.2. The SMILES string of the molecule is COC(=O)[C@@H]1CCCN1Cc1cc2nc(-c3cccc(-c4cccc(N5CCC(N6CCCC6)CC5)c4C)c3C)oc2cc1OC(F)F. The van der Waals surface area contributed by atoms with E-state index in [1.165, 1.54) is 68.8 Å². The van der Waals surface area contributed by atoms with Crippen LogP contribution in [-0.2, 0) is 16.1 Å². The summed E-state index contributed by atoms with van der Waals surface area (Å²) in [5.74, 6) is 0.0980. The molecule has 7 rings (SSSR count). The van der Waals surface area contributed by atoms with Crippen LogP contribution in [-0.4, -0.2) is 79.3 Å². The second kappa shape index (κ2) is 13.8. The van der Waals surface area contributed by atoms with Crippen molar-refractivity contribution in [3.63, 3.8) is 0 Å². The number of benzene rings is 3. The van der Waals surface area contributed by atoms with E-state index in [0.717, 1.165) is 36.2 Å². The van der Waals surface area contributed by atoms with E-state index in [4.69, 9.17) is 18.9 Å². The third-order valence-electron chi connectivity index (χ3n) is 10.6. The molecule has 1 aromatic heterocycles. The van der Waals surface area contributed by atoms with Crippen LogP contribution in [0.3, 0.4) is 0 Å². The predicted molar refractivity (Wildman–Crippen MR) is 182 cm³/mol. The van der Waals surface area contributed by atoms with E-state index in [1.54, 1.807) is 6.07 Å². The molecule has 254 valence electrons. The molecule has 48 heavy (non-hydrogen) atoms. The van der Waals surface area contributed by atoms with Crippen LogP contribution in [0.1, 0.15) is 55.2 Å². The maximum atomic E-state index is 13.5. The molecule has 3 aromatic carbocycles. The third-order valence-corrected chi connectivity index (χ3v) is 10.6. The summed E-state index contributed by atoms with van der Waals surface area (Å²) in [4.78, 5) is 24.3. The van der Waals surface area contributed by atoms with Crippen LogP contribution < -0.4 is 9.64 Å². The van der Waals surface area contributed by atoms with Crippen LogP contribution in [0.5, 0.6) is 5.75 Å². The van der Waals surface area contributed by atoms with Crippen molar-refractivity contribution in [1.29, 1.82) is 0 Å². The van der Waals surface area contributed by atoms with Gasteiger partial charge in [-0.3, -0.25) is 9.69 Å². The van der Waals surface area contributed by atoms with Gasteiger partial charge in [-0.2, -0.15) is 8.78 Å². The molecule has 0 radical (unpaired) electrons. The van der Waals surface area contributed by atoms with E-state index in [1.807, 2.05) is 17.0 Å². The minimum absolute atomic E-state index is 0.0121. The lowest BCUT2D eigenvalue weighted by atomic mass is 9.92. The van der Waals surface area contributed by atoms with Gasteiger partial charge in [0.15, 0.2) is 5.58 Å². The van der Waals surface area contributed by atoms with Gasteiger partial charge in [0, 0.05) is 48.6 Å². The Labute approximate surface area is 280 Å². The third kappa shape index (κ3) is 6.40. The van der Waals surface area contributed by atoms with Gasteiger partial charge in [-0.15, -0.1) is 0 Å². The van der Waals surface area contributed by atoms with Crippen molar-refractivity contribution in [1.82, 2.24) is 14.8 Å². The molecule has 4 aromatic rings. The Bertz CT molecular complexity index is 1780. The fraction of sp³-hybridized carbons (Fsp3) is 0.474. The maximum absolute atomic E-state index is 13.5. The van der Waals surface area contributed by atoms with Crippen LogP contribution in [0.2, 0.25) is 0 Å². The topological polar surface area (TPSA) is 71.3 Å². The van der Waals surface area contributed by atoms with E-state index >= 15 is 0 Å². The van der Waals surface area contributed by atoms with E-state index < -0.39 is 12.7 Å². The molecule has 3 aliphatic rings. The van der Waals surface area contributed by atoms with Gasteiger partial charge in [0.05, 0.1) is 7.11 Å². The molecule has 3 saturated heterocycles. The summed E-state index contributed by atoms with van der Waals surface area (Å²) < 4.78 is 43.1. The second-order valence-electron chi connectivity index (χ2n) is 13.4. The van der Waals surface area contributed by atoms with Crippen molar-refractivity contribution in [3.8, 4) is 28.3 Å². The summed E-state index contributed by atoms with van der Waals surface area (Å²) in [7, 11) is 1.36. The summed E-state index contributed by atoms with van der Waals surface area (Å²) in [5.41, 5.74) is 8.08. The molecule has 0 N–H and O–H groups in total. The summed E-state index contributed by atoms with van der Waals surface area (Å²) in [6.07, 6.45) is 6.53. The monoisotopic (exact) mass is 658 g/mol. The molecular formula is C38H44F2N4O4.